The zero-order chi connectivity index (χ0) is 33.4. The van der Waals surface area contributed by atoms with Crippen molar-refractivity contribution in [2.45, 2.75) is 75.9 Å². The summed E-state index contributed by atoms with van der Waals surface area (Å²) in [5, 5.41) is 2.39. The number of allylic oxidation sites excluding steroid dienone is 1. The molecule has 1 saturated heterocycles. The Morgan fingerprint density at radius 3 is 2.43 bits per heavy atom. The molecule has 4 aromatic rings. The van der Waals surface area contributed by atoms with Crippen molar-refractivity contribution >= 4 is 16.8 Å². The minimum absolute atomic E-state index is 0.0432. The van der Waals surface area contributed by atoms with Crippen LogP contribution in [0.3, 0.4) is 0 Å². The zero-order valence-corrected chi connectivity index (χ0v) is 29.1. The Labute approximate surface area is 292 Å². The van der Waals surface area contributed by atoms with Crippen LogP contribution in [0.15, 0.2) is 103 Å². The van der Waals surface area contributed by atoms with Gasteiger partial charge in [0.05, 0.1) is 19.3 Å². The third-order valence-corrected chi connectivity index (χ3v) is 11.6. The van der Waals surface area contributed by atoms with Gasteiger partial charge in [0.1, 0.15) is 5.75 Å². The van der Waals surface area contributed by atoms with Crippen molar-refractivity contribution in [1.29, 1.82) is 0 Å². The summed E-state index contributed by atoms with van der Waals surface area (Å²) >= 11 is 0. The van der Waals surface area contributed by atoms with Gasteiger partial charge >= 0.3 is 0 Å². The summed E-state index contributed by atoms with van der Waals surface area (Å²) < 4.78 is 13.3. The summed E-state index contributed by atoms with van der Waals surface area (Å²) in [6, 6.07) is 26.9. The van der Waals surface area contributed by atoms with Crippen LogP contribution in [0.2, 0.25) is 0 Å². The van der Waals surface area contributed by atoms with E-state index in [1.807, 2.05) is 0 Å². The molecule has 49 heavy (non-hydrogen) atoms. The largest absolute Gasteiger partial charge is 0.477 e. The third kappa shape index (κ3) is 5.47. The van der Waals surface area contributed by atoms with E-state index in [1.165, 1.54) is 65.3 Å². The molecule has 0 amide bonds. The average molecular weight is 646 g/mol. The van der Waals surface area contributed by atoms with E-state index in [0.717, 1.165) is 67.0 Å². The number of hydrogen-bond donors (Lipinski definition) is 0. The second kappa shape index (κ2) is 13.2. The van der Waals surface area contributed by atoms with Crippen molar-refractivity contribution in [1.82, 2.24) is 4.90 Å². The van der Waals surface area contributed by atoms with Crippen molar-refractivity contribution < 1.29 is 9.47 Å². The smallest absolute Gasteiger partial charge is 0.157 e. The topological polar surface area (TPSA) is 21.7 Å². The molecule has 1 heterocycles. The van der Waals surface area contributed by atoms with Crippen molar-refractivity contribution in [3.05, 3.63) is 131 Å². The van der Waals surface area contributed by atoms with Gasteiger partial charge in [-0.2, -0.15) is 0 Å². The summed E-state index contributed by atoms with van der Waals surface area (Å²) in [7, 11) is 0. The maximum Gasteiger partial charge on any atom is 0.157 e. The Morgan fingerprint density at radius 2 is 1.65 bits per heavy atom. The highest BCUT2D eigenvalue weighted by Crippen LogP contribution is 2.60. The van der Waals surface area contributed by atoms with Gasteiger partial charge in [-0.15, -0.1) is 0 Å². The van der Waals surface area contributed by atoms with Crippen molar-refractivity contribution in [2.24, 2.45) is 0 Å². The number of benzene rings is 4. The van der Waals surface area contributed by atoms with Crippen LogP contribution in [0.5, 0.6) is 5.75 Å². The van der Waals surface area contributed by atoms with E-state index in [0.29, 0.717) is 0 Å². The first kappa shape index (κ1) is 31.9. The molecule has 0 radical (unpaired) electrons. The predicted molar refractivity (Wildman–Crippen MR) is 203 cm³/mol. The molecule has 3 aliphatic carbocycles. The lowest BCUT2D eigenvalue weighted by atomic mass is 9.68. The van der Waals surface area contributed by atoms with E-state index in [1.54, 1.807) is 0 Å². The summed E-state index contributed by atoms with van der Waals surface area (Å²) in [6.45, 7) is 12.2. The Bertz CT molecular complexity index is 2030. The zero-order valence-electron chi connectivity index (χ0n) is 29.1. The Hall–Kier alpha value is -4.36. The van der Waals surface area contributed by atoms with Gasteiger partial charge in [-0.25, -0.2) is 0 Å². The van der Waals surface area contributed by atoms with Crippen LogP contribution in [0.1, 0.15) is 79.7 Å². The van der Waals surface area contributed by atoms with E-state index >= 15 is 0 Å². The number of ether oxygens (including phenoxy) is 2. The third-order valence-electron chi connectivity index (χ3n) is 11.6. The number of fused-ring (bicyclic) bond motifs is 7. The summed E-state index contributed by atoms with van der Waals surface area (Å²) in [6.07, 6.45) is 17.3. The molecule has 1 saturated carbocycles. The molecule has 4 aromatic carbocycles. The molecule has 3 heteroatoms. The molecule has 3 nitrogen and oxygen atoms in total. The van der Waals surface area contributed by atoms with E-state index in [9.17, 15) is 0 Å². The monoisotopic (exact) mass is 645 g/mol. The first-order chi connectivity index (χ1) is 24.0. The molecule has 0 bridgehead atoms. The standard InChI is InChI=1S/C46H47NO2/c1-4-37-43-42(40-22-10-11-23-41(40)46(43)26-12-6-5-7-13-27-46)38-20-8-9-21-39(38)44(37)49-45(3,35-18-14-16-33(2)32-35)34-17-15-19-36(25-24-34)47-28-30-48-31-29-47/h4,8-11,14,16-18,20-25,32,36H,1,5-7,12-13,26-31H2,2-3H3. The summed E-state index contributed by atoms with van der Waals surface area (Å²) in [5.74, 6) is 7.87. The Morgan fingerprint density at radius 1 is 0.918 bits per heavy atom. The maximum absolute atomic E-state index is 7.68. The lowest BCUT2D eigenvalue weighted by molar-refractivity contribution is 0.0343. The van der Waals surface area contributed by atoms with Crippen LogP contribution in [0.4, 0.5) is 0 Å². The maximum atomic E-state index is 7.68. The van der Waals surface area contributed by atoms with Gasteiger partial charge in [0.25, 0.3) is 0 Å². The van der Waals surface area contributed by atoms with E-state index in [-0.39, 0.29) is 11.5 Å². The van der Waals surface area contributed by atoms with Crippen molar-refractivity contribution in [3.63, 3.8) is 0 Å². The van der Waals surface area contributed by atoms with Gasteiger partial charge in [0.2, 0.25) is 0 Å². The van der Waals surface area contributed by atoms with E-state index in [2.05, 4.69) is 134 Å². The van der Waals surface area contributed by atoms with Crippen LogP contribution in [0.25, 0.3) is 28.0 Å². The van der Waals surface area contributed by atoms with Gasteiger partial charge in [-0.05, 0) is 66.0 Å². The first-order valence-corrected chi connectivity index (χ1v) is 18.3. The fourth-order valence-electron chi connectivity index (χ4n) is 9.08. The lowest BCUT2D eigenvalue weighted by Crippen LogP contribution is -2.42. The van der Waals surface area contributed by atoms with Crippen LogP contribution in [-0.2, 0) is 15.8 Å². The van der Waals surface area contributed by atoms with Gasteiger partial charge in [-0.3, -0.25) is 4.90 Å². The van der Waals surface area contributed by atoms with E-state index < -0.39 is 5.60 Å². The highest BCUT2D eigenvalue weighted by molar-refractivity contribution is 6.08. The molecule has 0 aromatic heterocycles. The lowest BCUT2D eigenvalue weighted by Gasteiger charge is -2.38. The fourth-order valence-corrected chi connectivity index (χ4v) is 9.08. The summed E-state index contributed by atoms with van der Waals surface area (Å²) in [4.78, 5) is 2.41. The molecule has 0 N–H and O–H groups in total. The van der Waals surface area contributed by atoms with Crippen LogP contribution in [-0.4, -0.2) is 37.2 Å². The van der Waals surface area contributed by atoms with Crippen molar-refractivity contribution in [3.8, 4) is 28.7 Å². The average Bonchev–Trinajstić information content (AvgIpc) is 3.23. The normalized spacial score (nSPS) is 21.3. The highest BCUT2D eigenvalue weighted by Gasteiger charge is 2.46. The molecule has 2 unspecified atom stereocenters. The number of hydrogen-bond acceptors (Lipinski definition) is 3. The molecule has 2 atom stereocenters. The summed E-state index contributed by atoms with van der Waals surface area (Å²) in [5.41, 5.74) is 9.28. The first-order valence-electron chi connectivity index (χ1n) is 18.3. The molecule has 8 rings (SSSR count). The second-order valence-corrected chi connectivity index (χ2v) is 14.5. The Kier molecular flexibility index (Phi) is 8.56. The van der Waals surface area contributed by atoms with Crippen molar-refractivity contribution in [2.75, 3.05) is 26.3 Å². The number of rotatable bonds is 6. The number of morpholine rings is 1. The molecule has 1 aliphatic heterocycles. The molecular formula is C46H47NO2. The molecule has 1 spiro atoms. The van der Waals surface area contributed by atoms with Gasteiger partial charge in [0.15, 0.2) is 5.60 Å². The van der Waals surface area contributed by atoms with Gasteiger partial charge in [-0.1, -0.05) is 147 Å². The molecule has 4 aliphatic rings. The van der Waals surface area contributed by atoms with Gasteiger partial charge in [0, 0.05) is 35.0 Å². The van der Waals surface area contributed by atoms with Crippen LogP contribution in [0, 0.1) is 18.8 Å². The fraction of sp³-hybridized carbons (Fsp3) is 0.348. The van der Waals surface area contributed by atoms with E-state index in [4.69, 9.17) is 9.47 Å². The molecule has 2 fully saturated rings. The Balaban J connectivity index is 1.34. The second-order valence-electron chi connectivity index (χ2n) is 14.5. The predicted octanol–water partition coefficient (Wildman–Crippen LogP) is 10.3. The quantitative estimate of drug-likeness (QED) is 0.195. The molecular weight excluding hydrogens is 599 g/mol. The van der Waals surface area contributed by atoms with Crippen LogP contribution < -0.4 is 4.74 Å². The highest BCUT2D eigenvalue weighted by atomic mass is 16.5. The number of aryl methyl sites for hydroxylation is 1. The molecule has 248 valence electrons. The van der Waals surface area contributed by atoms with Crippen LogP contribution >= 0.6 is 0 Å². The minimum Gasteiger partial charge on any atom is -0.477 e. The SMILES string of the molecule is C=Cc1c2c(c3ccccc3c1OC(C)(C1=CC#CC(N3CCOCC3)C=C1)c1cccc(C)c1)-c1ccccc1C21CCCCCCC1. The number of nitrogens with zero attached hydrogens (tertiary/aromatic N) is 1. The van der Waals surface area contributed by atoms with Gasteiger partial charge < -0.3 is 9.47 Å². The minimum atomic E-state index is -0.814.